The summed E-state index contributed by atoms with van der Waals surface area (Å²) in [5, 5.41) is 11.6. The van der Waals surface area contributed by atoms with Crippen LogP contribution in [0.1, 0.15) is 9.88 Å². The maximum Gasteiger partial charge on any atom is 0.191 e. The van der Waals surface area contributed by atoms with Gasteiger partial charge in [0.25, 0.3) is 0 Å². The highest BCUT2D eigenvalue weighted by Crippen LogP contribution is 2.21. The van der Waals surface area contributed by atoms with Crippen LogP contribution in [-0.4, -0.2) is 36.1 Å². The summed E-state index contributed by atoms with van der Waals surface area (Å²) in [7, 11) is 1.73. The summed E-state index contributed by atoms with van der Waals surface area (Å²) in [6, 6.07) is 1.66. The van der Waals surface area contributed by atoms with Crippen molar-refractivity contribution in [3.8, 4) is 0 Å². The summed E-state index contributed by atoms with van der Waals surface area (Å²) in [6.45, 7) is 3.99. The molecule has 2 rings (SSSR count). The van der Waals surface area contributed by atoms with Crippen LogP contribution in [0.5, 0.6) is 0 Å². The quantitative estimate of drug-likeness (QED) is 0.245. The van der Waals surface area contributed by atoms with E-state index >= 15 is 0 Å². The third-order valence-corrected chi connectivity index (χ3v) is 4.23. The fourth-order valence-corrected chi connectivity index (χ4v) is 2.94. The molecule has 0 aliphatic rings. The molecule has 0 aliphatic carbocycles. The summed E-state index contributed by atoms with van der Waals surface area (Å²) in [5.41, 5.74) is 0. The molecule has 10 heteroatoms. The Labute approximate surface area is 172 Å². The van der Waals surface area contributed by atoms with Gasteiger partial charge < -0.3 is 16.0 Å². The standard InChI is InChI=1S/C14H18Cl2N6S.HI/c1-9-6-20-12(23-9)8-22-14(17-2)19-4-3-18-13-11(16)5-10(15)7-21-13;/h5-7H,3-4,8H2,1-2H3,(H,18,21)(H2,17,19,22);1H. The highest BCUT2D eigenvalue weighted by molar-refractivity contribution is 14.0. The highest BCUT2D eigenvalue weighted by Gasteiger charge is 2.03. The molecule has 0 aliphatic heterocycles. The van der Waals surface area contributed by atoms with Gasteiger partial charge in [-0.2, -0.15) is 0 Å². The molecule has 0 aromatic carbocycles. The Kier molecular flexibility index (Phi) is 9.64. The van der Waals surface area contributed by atoms with E-state index in [2.05, 4.69) is 30.9 Å². The van der Waals surface area contributed by atoms with Crippen molar-refractivity contribution >= 4 is 70.3 Å². The van der Waals surface area contributed by atoms with Crippen LogP contribution in [0.15, 0.2) is 23.5 Å². The Morgan fingerprint density at radius 1 is 1.21 bits per heavy atom. The van der Waals surface area contributed by atoms with E-state index in [0.717, 1.165) is 11.0 Å². The van der Waals surface area contributed by atoms with E-state index in [1.54, 1.807) is 30.6 Å². The Hall–Kier alpha value is -0.840. The maximum absolute atomic E-state index is 6.05. The molecule has 0 bridgehead atoms. The van der Waals surface area contributed by atoms with Crippen molar-refractivity contribution in [2.75, 3.05) is 25.5 Å². The van der Waals surface area contributed by atoms with Gasteiger partial charge in [0.15, 0.2) is 5.96 Å². The molecule has 0 saturated heterocycles. The van der Waals surface area contributed by atoms with Crippen LogP contribution in [0.4, 0.5) is 5.82 Å². The second-order valence-corrected chi connectivity index (χ2v) is 6.79. The molecule has 0 spiro atoms. The zero-order valence-electron chi connectivity index (χ0n) is 13.3. The molecular weight excluding hydrogens is 482 g/mol. The summed E-state index contributed by atoms with van der Waals surface area (Å²) in [6.07, 6.45) is 3.42. The molecule has 0 unspecified atom stereocenters. The molecule has 0 amide bonds. The highest BCUT2D eigenvalue weighted by atomic mass is 127. The number of anilines is 1. The number of aromatic nitrogens is 2. The number of pyridine rings is 1. The molecule has 0 atom stereocenters. The van der Waals surface area contributed by atoms with Crippen molar-refractivity contribution in [1.29, 1.82) is 0 Å². The molecule has 2 aromatic rings. The van der Waals surface area contributed by atoms with Gasteiger partial charge in [0, 0.05) is 37.4 Å². The predicted molar refractivity (Wildman–Crippen MR) is 113 cm³/mol. The van der Waals surface area contributed by atoms with Crippen LogP contribution in [0, 0.1) is 6.92 Å². The Morgan fingerprint density at radius 3 is 2.62 bits per heavy atom. The zero-order valence-corrected chi connectivity index (χ0v) is 17.9. The first-order valence-corrected chi connectivity index (χ1v) is 8.56. The van der Waals surface area contributed by atoms with Gasteiger partial charge in [-0.3, -0.25) is 4.99 Å². The third-order valence-electron chi connectivity index (χ3n) is 2.82. The van der Waals surface area contributed by atoms with Crippen molar-refractivity contribution in [3.05, 3.63) is 38.4 Å². The van der Waals surface area contributed by atoms with Gasteiger partial charge in [-0.25, -0.2) is 9.97 Å². The summed E-state index contributed by atoms with van der Waals surface area (Å²) in [5.74, 6) is 1.33. The molecule has 0 saturated carbocycles. The molecule has 2 heterocycles. The molecule has 132 valence electrons. The largest absolute Gasteiger partial charge is 0.367 e. The van der Waals surface area contributed by atoms with Crippen molar-refractivity contribution in [3.63, 3.8) is 0 Å². The molecular formula is C14H19Cl2IN6S. The van der Waals surface area contributed by atoms with E-state index in [1.165, 1.54) is 4.88 Å². The number of guanidine groups is 1. The number of nitrogens with one attached hydrogen (secondary N) is 3. The normalized spacial score (nSPS) is 10.9. The number of halogens is 3. The fraction of sp³-hybridized carbons (Fsp3) is 0.357. The van der Waals surface area contributed by atoms with Gasteiger partial charge in [-0.1, -0.05) is 23.2 Å². The minimum Gasteiger partial charge on any atom is -0.367 e. The van der Waals surface area contributed by atoms with E-state index in [0.29, 0.717) is 35.5 Å². The van der Waals surface area contributed by atoms with Crippen LogP contribution in [0.2, 0.25) is 10.0 Å². The average Bonchev–Trinajstić information content (AvgIpc) is 2.94. The van der Waals surface area contributed by atoms with Crippen LogP contribution in [0.3, 0.4) is 0 Å². The second kappa shape index (κ2) is 10.9. The van der Waals surface area contributed by atoms with Gasteiger partial charge in [-0.15, -0.1) is 35.3 Å². The smallest absolute Gasteiger partial charge is 0.191 e. The van der Waals surface area contributed by atoms with Gasteiger partial charge in [0.1, 0.15) is 10.8 Å². The lowest BCUT2D eigenvalue weighted by Gasteiger charge is -2.12. The van der Waals surface area contributed by atoms with Crippen LogP contribution in [0.25, 0.3) is 0 Å². The number of thiazole rings is 1. The van der Waals surface area contributed by atoms with E-state index in [4.69, 9.17) is 23.2 Å². The molecule has 3 N–H and O–H groups in total. The van der Waals surface area contributed by atoms with Crippen molar-refractivity contribution < 1.29 is 0 Å². The minimum absolute atomic E-state index is 0. The van der Waals surface area contributed by atoms with Crippen molar-refractivity contribution in [2.45, 2.75) is 13.5 Å². The van der Waals surface area contributed by atoms with Crippen LogP contribution in [-0.2, 0) is 6.54 Å². The Bertz CT molecular complexity index is 679. The summed E-state index contributed by atoms with van der Waals surface area (Å²) in [4.78, 5) is 13.8. The summed E-state index contributed by atoms with van der Waals surface area (Å²) >= 11 is 13.5. The van der Waals surface area contributed by atoms with Gasteiger partial charge >= 0.3 is 0 Å². The first-order valence-electron chi connectivity index (χ1n) is 6.99. The number of aliphatic imine (C=N–C) groups is 1. The Morgan fingerprint density at radius 2 is 2.00 bits per heavy atom. The lowest BCUT2D eigenvalue weighted by atomic mass is 10.4. The van der Waals surface area contributed by atoms with Crippen molar-refractivity contribution in [2.24, 2.45) is 4.99 Å². The van der Waals surface area contributed by atoms with Gasteiger partial charge in [-0.05, 0) is 13.0 Å². The fourth-order valence-electron chi connectivity index (χ4n) is 1.77. The first-order chi connectivity index (χ1) is 11.1. The maximum atomic E-state index is 6.05. The van der Waals surface area contributed by atoms with E-state index < -0.39 is 0 Å². The number of aryl methyl sites for hydroxylation is 1. The number of rotatable bonds is 6. The number of nitrogens with zero attached hydrogens (tertiary/aromatic N) is 3. The molecule has 0 radical (unpaired) electrons. The van der Waals surface area contributed by atoms with Gasteiger partial charge in [0.05, 0.1) is 16.6 Å². The lowest BCUT2D eigenvalue weighted by molar-refractivity contribution is 0.807. The predicted octanol–water partition coefficient (Wildman–Crippen LogP) is 3.55. The zero-order chi connectivity index (χ0) is 16.7. The summed E-state index contributed by atoms with van der Waals surface area (Å²) < 4.78 is 0. The van der Waals surface area contributed by atoms with Crippen LogP contribution >= 0.6 is 58.5 Å². The van der Waals surface area contributed by atoms with Crippen LogP contribution < -0.4 is 16.0 Å². The molecule has 6 nitrogen and oxygen atoms in total. The first kappa shape index (κ1) is 21.2. The minimum atomic E-state index is 0. The molecule has 2 aromatic heterocycles. The monoisotopic (exact) mass is 500 g/mol. The average molecular weight is 501 g/mol. The number of hydrogen-bond donors (Lipinski definition) is 3. The van der Waals surface area contributed by atoms with E-state index in [1.807, 2.05) is 13.1 Å². The topological polar surface area (TPSA) is 74.2 Å². The number of hydrogen-bond acceptors (Lipinski definition) is 5. The van der Waals surface area contributed by atoms with Gasteiger partial charge in [0.2, 0.25) is 0 Å². The Balaban J connectivity index is 0.00000288. The second-order valence-electron chi connectivity index (χ2n) is 4.63. The van der Waals surface area contributed by atoms with Crippen molar-refractivity contribution in [1.82, 2.24) is 20.6 Å². The lowest BCUT2D eigenvalue weighted by Crippen LogP contribution is -2.39. The SMILES string of the molecule is CN=C(NCCNc1ncc(Cl)cc1Cl)NCc1ncc(C)s1.I. The van der Waals surface area contributed by atoms with E-state index in [9.17, 15) is 0 Å². The molecule has 0 fully saturated rings. The van der Waals surface area contributed by atoms with E-state index in [-0.39, 0.29) is 24.0 Å². The third kappa shape index (κ3) is 6.96. The molecule has 24 heavy (non-hydrogen) atoms.